The molecule has 0 spiro atoms. The Morgan fingerprint density at radius 1 is 0.886 bits per heavy atom. The molecule has 3 aromatic rings. The van der Waals surface area contributed by atoms with Gasteiger partial charge in [-0.2, -0.15) is 0 Å². The zero-order chi connectivity index (χ0) is 24.6. The molecule has 2 aliphatic rings. The Bertz CT molecular complexity index is 1360. The summed E-state index contributed by atoms with van der Waals surface area (Å²) < 4.78 is 39.7. The van der Waals surface area contributed by atoms with Crippen LogP contribution in [0.3, 0.4) is 0 Å². The van der Waals surface area contributed by atoms with Crippen molar-refractivity contribution < 1.29 is 17.9 Å². The number of nitrogens with zero attached hydrogens (tertiary/aromatic N) is 1. The number of nitrogens with one attached hydrogen (secondary N) is 1. The van der Waals surface area contributed by atoms with Crippen molar-refractivity contribution in [3.63, 3.8) is 0 Å². The van der Waals surface area contributed by atoms with Gasteiger partial charge in [0.25, 0.3) is 10.0 Å². The summed E-state index contributed by atoms with van der Waals surface area (Å²) in [6.07, 6.45) is 4.52. The van der Waals surface area contributed by atoms with Gasteiger partial charge in [-0.3, -0.25) is 9.71 Å². The lowest BCUT2D eigenvalue weighted by Crippen LogP contribution is -2.29. The van der Waals surface area contributed by atoms with E-state index in [1.165, 1.54) is 18.4 Å². The van der Waals surface area contributed by atoms with Gasteiger partial charge >= 0.3 is 0 Å². The molecule has 35 heavy (non-hydrogen) atoms. The molecule has 1 aliphatic heterocycles. The first-order valence-electron chi connectivity index (χ1n) is 11.9. The van der Waals surface area contributed by atoms with Crippen LogP contribution in [0, 0.1) is 6.92 Å². The predicted octanol–water partition coefficient (Wildman–Crippen LogP) is 5.69. The van der Waals surface area contributed by atoms with Gasteiger partial charge in [-0.1, -0.05) is 42.7 Å². The largest absolute Gasteiger partial charge is 0.493 e. The Morgan fingerprint density at radius 3 is 2.23 bits per heavy atom. The third-order valence-electron chi connectivity index (χ3n) is 6.98. The SMILES string of the molecule is COc1cc2c(cc1OC)C1CCCCC1N=C2c1ccc(S(=O)(=O)Nc2ccc(C)cc2)cc1. The fourth-order valence-electron chi connectivity index (χ4n) is 5.13. The van der Waals surface area contributed by atoms with Crippen LogP contribution >= 0.6 is 0 Å². The van der Waals surface area contributed by atoms with Crippen molar-refractivity contribution in [2.24, 2.45) is 4.99 Å². The molecular weight excluding hydrogens is 460 g/mol. The zero-order valence-corrected chi connectivity index (χ0v) is 21.1. The zero-order valence-electron chi connectivity index (χ0n) is 20.2. The van der Waals surface area contributed by atoms with Crippen LogP contribution in [0.1, 0.15) is 53.9 Å². The van der Waals surface area contributed by atoms with Crippen molar-refractivity contribution in [3.05, 3.63) is 82.9 Å². The van der Waals surface area contributed by atoms with Crippen LogP contribution in [0.25, 0.3) is 0 Å². The van der Waals surface area contributed by atoms with Crippen molar-refractivity contribution in [2.45, 2.75) is 49.5 Å². The van der Waals surface area contributed by atoms with Crippen molar-refractivity contribution >= 4 is 21.4 Å². The number of ether oxygens (including phenoxy) is 2. The van der Waals surface area contributed by atoms with Crippen LogP contribution < -0.4 is 14.2 Å². The van der Waals surface area contributed by atoms with E-state index < -0.39 is 10.0 Å². The van der Waals surface area contributed by atoms with Crippen LogP contribution in [0.15, 0.2) is 70.6 Å². The average molecular weight is 491 g/mol. The highest BCUT2D eigenvalue weighted by molar-refractivity contribution is 7.92. The Hall–Kier alpha value is -3.32. The second-order valence-electron chi connectivity index (χ2n) is 9.23. The van der Waals surface area contributed by atoms with Gasteiger partial charge in [0.15, 0.2) is 11.5 Å². The Morgan fingerprint density at radius 2 is 1.54 bits per heavy atom. The Labute approximate surface area is 207 Å². The fourth-order valence-corrected chi connectivity index (χ4v) is 6.19. The van der Waals surface area contributed by atoms with Crippen molar-refractivity contribution in [3.8, 4) is 11.5 Å². The van der Waals surface area contributed by atoms with Crippen LogP contribution in [-0.4, -0.2) is 34.4 Å². The molecule has 1 heterocycles. The lowest BCUT2D eigenvalue weighted by atomic mass is 9.75. The summed E-state index contributed by atoms with van der Waals surface area (Å²) in [5.74, 6) is 1.75. The molecule has 1 N–H and O–H groups in total. The van der Waals surface area contributed by atoms with Gasteiger partial charge in [-0.25, -0.2) is 8.42 Å². The molecule has 1 saturated carbocycles. The number of rotatable bonds is 6. The molecule has 0 amide bonds. The second kappa shape index (κ2) is 9.38. The standard InChI is InChI=1S/C28H30N2O4S/c1-18-8-12-20(13-9-18)30-35(31,32)21-14-10-19(11-15-21)28-24-17-27(34-3)26(33-2)16-23(24)22-6-4-5-7-25(22)29-28/h8-17,22,25,30H,4-7H2,1-3H3. The number of aryl methyl sites for hydroxylation is 1. The number of benzene rings is 3. The minimum absolute atomic E-state index is 0.210. The highest BCUT2D eigenvalue weighted by Crippen LogP contribution is 2.44. The summed E-state index contributed by atoms with van der Waals surface area (Å²) in [5, 5.41) is 0. The first-order chi connectivity index (χ1) is 16.9. The van der Waals surface area contributed by atoms with Crippen LogP contribution in [-0.2, 0) is 10.0 Å². The maximum absolute atomic E-state index is 12.9. The van der Waals surface area contributed by atoms with Gasteiger partial charge in [0.2, 0.25) is 0 Å². The first kappa shape index (κ1) is 23.4. The minimum Gasteiger partial charge on any atom is -0.493 e. The molecule has 0 saturated heterocycles. The molecule has 2 atom stereocenters. The summed E-state index contributed by atoms with van der Waals surface area (Å²) in [6, 6.07) is 18.5. The van der Waals surface area contributed by atoms with Gasteiger partial charge < -0.3 is 9.47 Å². The predicted molar refractivity (Wildman–Crippen MR) is 139 cm³/mol. The number of fused-ring (bicyclic) bond motifs is 3. The number of methoxy groups -OCH3 is 2. The van der Waals surface area contributed by atoms with E-state index in [4.69, 9.17) is 14.5 Å². The summed E-state index contributed by atoms with van der Waals surface area (Å²) in [6.45, 7) is 1.96. The average Bonchev–Trinajstić information content (AvgIpc) is 2.88. The maximum Gasteiger partial charge on any atom is 0.261 e. The third kappa shape index (κ3) is 4.52. The number of sulfonamides is 1. The number of anilines is 1. The molecule has 0 bridgehead atoms. The van der Waals surface area contributed by atoms with Crippen LogP contribution in [0.4, 0.5) is 5.69 Å². The molecule has 5 rings (SSSR count). The van der Waals surface area contributed by atoms with E-state index in [0.717, 1.165) is 41.0 Å². The normalized spacial score (nSPS) is 19.2. The van der Waals surface area contributed by atoms with Crippen molar-refractivity contribution in [1.82, 2.24) is 0 Å². The van der Waals surface area contributed by atoms with E-state index in [1.54, 1.807) is 38.5 Å². The highest BCUT2D eigenvalue weighted by Gasteiger charge is 2.34. The van der Waals surface area contributed by atoms with E-state index in [0.29, 0.717) is 17.4 Å². The van der Waals surface area contributed by atoms with Crippen molar-refractivity contribution in [1.29, 1.82) is 0 Å². The molecule has 0 aromatic heterocycles. The molecule has 7 heteroatoms. The molecule has 0 radical (unpaired) electrons. The Kier molecular flexibility index (Phi) is 6.28. The smallest absolute Gasteiger partial charge is 0.261 e. The van der Waals surface area contributed by atoms with Gasteiger partial charge in [-0.15, -0.1) is 0 Å². The molecule has 3 aromatic carbocycles. The quantitative estimate of drug-likeness (QED) is 0.482. The molecule has 2 unspecified atom stereocenters. The first-order valence-corrected chi connectivity index (χ1v) is 13.4. The lowest BCUT2D eigenvalue weighted by Gasteiger charge is -2.35. The molecule has 182 valence electrons. The maximum atomic E-state index is 12.9. The molecular formula is C28H30N2O4S. The molecule has 1 aliphatic carbocycles. The summed E-state index contributed by atoms with van der Waals surface area (Å²) in [7, 11) is -0.409. The number of aliphatic imine (C=N–C) groups is 1. The monoisotopic (exact) mass is 490 g/mol. The van der Waals surface area contributed by atoms with Crippen LogP contribution in [0.5, 0.6) is 11.5 Å². The van der Waals surface area contributed by atoms with E-state index in [-0.39, 0.29) is 10.9 Å². The second-order valence-corrected chi connectivity index (χ2v) is 10.9. The van der Waals surface area contributed by atoms with Crippen molar-refractivity contribution in [2.75, 3.05) is 18.9 Å². The summed E-state index contributed by atoms with van der Waals surface area (Å²) in [4.78, 5) is 5.38. The van der Waals surface area contributed by atoms with E-state index in [2.05, 4.69) is 10.8 Å². The summed E-state index contributed by atoms with van der Waals surface area (Å²) >= 11 is 0. The highest BCUT2D eigenvalue weighted by atomic mass is 32.2. The molecule has 6 nitrogen and oxygen atoms in total. The van der Waals surface area contributed by atoms with E-state index in [9.17, 15) is 8.42 Å². The van der Waals surface area contributed by atoms with Gasteiger partial charge in [0.1, 0.15) is 0 Å². The van der Waals surface area contributed by atoms with E-state index in [1.807, 2.05) is 37.3 Å². The third-order valence-corrected chi connectivity index (χ3v) is 8.37. The molecule has 1 fully saturated rings. The lowest BCUT2D eigenvalue weighted by molar-refractivity contribution is 0.349. The number of hydrogen-bond acceptors (Lipinski definition) is 5. The van der Waals surface area contributed by atoms with Gasteiger partial charge in [0, 0.05) is 22.7 Å². The topological polar surface area (TPSA) is 77.0 Å². The fraction of sp³-hybridized carbons (Fsp3) is 0.321. The minimum atomic E-state index is -3.70. The Balaban J connectivity index is 1.51. The summed E-state index contributed by atoms with van der Waals surface area (Å²) in [5.41, 5.74) is 5.63. The van der Waals surface area contributed by atoms with Gasteiger partial charge in [-0.05, 0) is 61.7 Å². The van der Waals surface area contributed by atoms with Crippen LogP contribution in [0.2, 0.25) is 0 Å². The number of hydrogen-bond donors (Lipinski definition) is 1. The van der Waals surface area contributed by atoms with E-state index >= 15 is 0 Å². The van der Waals surface area contributed by atoms with Gasteiger partial charge in [0.05, 0.1) is 30.9 Å².